The molecule has 1 fully saturated rings. The quantitative estimate of drug-likeness (QED) is 0.724. The summed E-state index contributed by atoms with van der Waals surface area (Å²) in [5, 5.41) is 1.08. The molecule has 0 unspecified atom stereocenters. The second-order valence-corrected chi connectivity index (χ2v) is 6.77. The SMILES string of the molecule is COc1ccc2c(N3CCN(c4cccc(C)c4C)CC3)ncnc2c1. The number of fused-ring (bicyclic) bond motifs is 1. The molecule has 0 N–H and O–H groups in total. The fourth-order valence-corrected chi connectivity index (χ4v) is 3.64. The van der Waals surface area contributed by atoms with Crippen molar-refractivity contribution in [2.24, 2.45) is 0 Å². The molecule has 0 amide bonds. The van der Waals surface area contributed by atoms with Gasteiger partial charge in [-0.25, -0.2) is 9.97 Å². The zero-order chi connectivity index (χ0) is 18.1. The van der Waals surface area contributed by atoms with E-state index in [2.05, 4.69) is 57.9 Å². The second-order valence-electron chi connectivity index (χ2n) is 6.77. The van der Waals surface area contributed by atoms with Crippen LogP contribution in [0.25, 0.3) is 10.9 Å². The van der Waals surface area contributed by atoms with Gasteiger partial charge in [0.2, 0.25) is 0 Å². The van der Waals surface area contributed by atoms with Crippen molar-refractivity contribution in [2.45, 2.75) is 13.8 Å². The molecule has 0 bridgehead atoms. The third-order valence-corrected chi connectivity index (χ3v) is 5.32. The molecule has 0 aliphatic carbocycles. The van der Waals surface area contributed by atoms with Gasteiger partial charge in [-0.2, -0.15) is 0 Å². The lowest BCUT2D eigenvalue weighted by molar-refractivity contribution is 0.415. The van der Waals surface area contributed by atoms with Crippen LogP contribution in [0, 0.1) is 13.8 Å². The maximum absolute atomic E-state index is 5.31. The first-order chi connectivity index (χ1) is 12.7. The van der Waals surface area contributed by atoms with E-state index in [1.807, 2.05) is 12.1 Å². The predicted molar refractivity (Wildman–Crippen MR) is 106 cm³/mol. The van der Waals surface area contributed by atoms with Crippen molar-refractivity contribution in [3.8, 4) is 5.75 Å². The van der Waals surface area contributed by atoms with Gasteiger partial charge in [0.15, 0.2) is 0 Å². The van der Waals surface area contributed by atoms with Gasteiger partial charge in [0.05, 0.1) is 12.6 Å². The molecule has 134 valence electrons. The maximum atomic E-state index is 5.31. The van der Waals surface area contributed by atoms with Crippen molar-refractivity contribution in [1.29, 1.82) is 0 Å². The second kappa shape index (κ2) is 6.83. The summed E-state index contributed by atoms with van der Waals surface area (Å²) in [7, 11) is 1.68. The van der Waals surface area contributed by atoms with Crippen LogP contribution >= 0.6 is 0 Å². The van der Waals surface area contributed by atoms with E-state index in [0.717, 1.165) is 48.6 Å². The van der Waals surface area contributed by atoms with Gasteiger partial charge >= 0.3 is 0 Å². The lowest BCUT2D eigenvalue weighted by atomic mass is 10.1. The third kappa shape index (κ3) is 2.94. The third-order valence-electron chi connectivity index (χ3n) is 5.32. The Balaban J connectivity index is 1.57. The Hall–Kier alpha value is -2.82. The molecule has 2 aromatic carbocycles. The number of aryl methyl sites for hydroxylation is 1. The van der Waals surface area contributed by atoms with E-state index < -0.39 is 0 Å². The highest BCUT2D eigenvalue weighted by Gasteiger charge is 2.21. The van der Waals surface area contributed by atoms with E-state index in [1.165, 1.54) is 16.8 Å². The zero-order valence-electron chi connectivity index (χ0n) is 15.6. The Kier molecular flexibility index (Phi) is 4.37. The molecule has 0 atom stereocenters. The standard InChI is InChI=1S/C21H24N4O/c1-15-5-4-6-20(16(15)2)24-9-11-25(12-10-24)21-18-8-7-17(26-3)13-19(18)22-14-23-21/h4-8,13-14H,9-12H2,1-3H3. The summed E-state index contributed by atoms with van der Waals surface area (Å²) in [5.41, 5.74) is 4.99. The fraction of sp³-hybridized carbons (Fsp3) is 0.333. The molecular weight excluding hydrogens is 324 g/mol. The van der Waals surface area contributed by atoms with Gasteiger partial charge in [-0.15, -0.1) is 0 Å². The average Bonchev–Trinajstić information content (AvgIpc) is 2.69. The number of hydrogen-bond donors (Lipinski definition) is 0. The van der Waals surface area contributed by atoms with E-state index in [4.69, 9.17) is 4.74 Å². The number of rotatable bonds is 3. The van der Waals surface area contributed by atoms with Crippen molar-refractivity contribution in [3.05, 3.63) is 53.9 Å². The maximum Gasteiger partial charge on any atom is 0.140 e. The minimum absolute atomic E-state index is 0.821. The molecule has 0 spiro atoms. The zero-order valence-corrected chi connectivity index (χ0v) is 15.6. The molecule has 2 heterocycles. The Bertz CT molecular complexity index is 932. The van der Waals surface area contributed by atoms with Crippen LogP contribution in [0.15, 0.2) is 42.7 Å². The van der Waals surface area contributed by atoms with Crippen molar-refractivity contribution in [2.75, 3.05) is 43.1 Å². The van der Waals surface area contributed by atoms with Gasteiger partial charge in [-0.3, -0.25) is 0 Å². The monoisotopic (exact) mass is 348 g/mol. The molecule has 1 aromatic heterocycles. The van der Waals surface area contributed by atoms with Gasteiger partial charge < -0.3 is 14.5 Å². The molecule has 0 radical (unpaired) electrons. The highest BCUT2D eigenvalue weighted by atomic mass is 16.5. The highest BCUT2D eigenvalue weighted by Crippen LogP contribution is 2.29. The van der Waals surface area contributed by atoms with Crippen molar-refractivity contribution >= 4 is 22.4 Å². The van der Waals surface area contributed by atoms with Gasteiger partial charge in [0, 0.05) is 43.3 Å². The van der Waals surface area contributed by atoms with Crippen molar-refractivity contribution in [3.63, 3.8) is 0 Å². The molecule has 1 aliphatic heterocycles. The summed E-state index contributed by atoms with van der Waals surface area (Å²) in [6.45, 7) is 8.27. The average molecular weight is 348 g/mol. The van der Waals surface area contributed by atoms with Crippen molar-refractivity contribution < 1.29 is 4.74 Å². The molecule has 3 aromatic rings. The topological polar surface area (TPSA) is 41.5 Å². The highest BCUT2D eigenvalue weighted by molar-refractivity contribution is 5.90. The molecule has 1 aliphatic rings. The van der Waals surface area contributed by atoms with Crippen LogP contribution in [0.1, 0.15) is 11.1 Å². The minimum atomic E-state index is 0.821. The van der Waals surface area contributed by atoms with E-state index in [1.54, 1.807) is 13.4 Å². The summed E-state index contributed by atoms with van der Waals surface area (Å²) in [5.74, 6) is 1.83. The summed E-state index contributed by atoms with van der Waals surface area (Å²) in [6.07, 6.45) is 1.65. The van der Waals surface area contributed by atoms with Crippen LogP contribution < -0.4 is 14.5 Å². The molecule has 0 saturated carbocycles. The summed E-state index contributed by atoms with van der Waals surface area (Å²) in [6, 6.07) is 12.5. The molecule has 5 nitrogen and oxygen atoms in total. The molecule has 26 heavy (non-hydrogen) atoms. The Morgan fingerprint density at radius 1 is 0.923 bits per heavy atom. The fourth-order valence-electron chi connectivity index (χ4n) is 3.64. The lowest BCUT2D eigenvalue weighted by Crippen LogP contribution is -2.47. The minimum Gasteiger partial charge on any atom is -0.497 e. The first-order valence-corrected chi connectivity index (χ1v) is 9.02. The number of hydrogen-bond acceptors (Lipinski definition) is 5. The van der Waals surface area contributed by atoms with Crippen LogP contribution in [0.3, 0.4) is 0 Å². The van der Waals surface area contributed by atoms with Crippen LogP contribution in [0.5, 0.6) is 5.75 Å². The molecule has 5 heteroatoms. The number of aromatic nitrogens is 2. The molecular formula is C21H24N4O. The van der Waals surface area contributed by atoms with Crippen LogP contribution in [-0.2, 0) is 0 Å². The van der Waals surface area contributed by atoms with E-state index in [-0.39, 0.29) is 0 Å². The smallest absolute Gasteiger partial charge is 0.140 e. The Labute approximate surface area is 154 Å². The van der Waals surface area contributed by atoms with E-state index in [9.17, 15) is 0 Å². The number of anilines is 2. The Morgan fingerprint density at radius 3 is 2.46 bits per heavy atom. The summed E-state index contributed by atoms with van der Waals surface area (Å²) in [4.78, 5) is 13.8. The van der Waals surface area contributed by atoms with E-state index >= 15 is 0 Å². The number of nitrogens with zero attached hydrogens (tertiary/aromatic N) is 4. The summed E-state index contributed by atoms with van der Waals surface area (Å²) >= 11 is 0. The Morgan fingerprint density at radius 2 is 1.69 bits per heavy atom. The number of methoxy groups -OCH3 is 1. The summed E-state index contributed by atoms with van der Waals surface area (Å²) < 4.78 is 5.31. The van der Waals surface area contributed by atoms with Crippen LogP contribution in [0.2, 0.25) is 0 Å². The van der Waals surface area contributed by atoms with Crippen LogP contribution in [-0.4, -0.2) is 43.3 Å². The van der Waals surface area contributed by atoms with Crippen molar-refractivity contribution in [1.82, 2.24) is 9.97 Å². The number of ether oxygens (including phenoxy) is 1. The van der Waals surface area contributed by atoms with Gasteiger partial charge in [-0.1, -0.05) is 12.1 Å². The molecule has 4 rings (SSSR count). The predicted octanol–water partition coefficient (Wildman–Crippen LogP) is 3.58. The number of benzene rings is 2. The van der Waals surface area contributed by atoms with Gasteiger partial charge in [0.25, 0.3) is 0 Å². The van der Waals surface area contributed by atoms with E-state index in [0.29, 0.717) is 0 Å². The van der Waals surface area contributed by atoms with Gasteiger partial charge in [0.1, 0.15) is 17.9 Å². The first kappa shape index (κ1) is 16.6. The normalized spacial score (nSPS) is 14.7. The first-order valence-electron chi connectivity index (χ1n) is 9.02. The van der Waals surface area contributed by atoms with Gasteiger partial charge in [-0.05, 0) is 43.2 Å². The number of piperazine rings is 1. The molecule has 1 saturated heterocycles. The largest absolute Gasteiger partial charge is 0.497 e. The lowest BCUT2D eigenvalue weighted by Gasteiger charge is -2.37. The van der Waals surface area contributed by atoms with Crippen LogP contribution in [0.4, 0.5) is 11.5 Å².